The molecule has 6 heteroatoms. The Bertz CT molecular complexity index is 423. The van der Waals surface area contributed by atoms with Crippen LogP contribution in [0.2, 0.25) is 0 Å². The normalized spacial score (nSPS) is 9.89. The highest BCUT2D eigenvalue weighted by atomic mass is 16.5. The van der Waals surface area contributed by atoms with Crippen molar-refractivity contribution in [3.05, 3.63) is 18.2 Å². The highest BCUT2D eigenvalue weighted by Crippen LogP contribution is 2.30. The highest BCUT2D eigenvalue weighted by Gasteiger charge is 2.10. The smallest absolute Gasteiger partial charge is 0.333 e. The van der Waals surface area contributed by atoms with Gasteiger partial charge in [-0.3, -0.25) is 5.43 Å². The predicted octanol–water partition coefficient (Wildman–Crippen LogP) is 1.80. The number of hydrogen-bond donors (Lipinski definition) is 3. The lowest BCUT2D eigenvalue weighted by Crippen LogP contribution is -2.37. The fourth-order valence-corrected chi connectivity index (χ4v) is 1.80. The Morgan fingerprint density at radius 1 is 1.42 bits per heavy atom. The van der Waals surface area contributed by atoms with Crippen molar-refractivity contribution in [3.63, 3.8) is 0 Å². The summed E-state index contributed by atoms with van der Waals surface area (Å²) in [6.07, 6.45) is 1.04. The molecule has 0 aliphatic rings. The number of hydrazine groups is 1. The molecule has 1 rings (SSSR count). The molecule has 2 amide bonds. The van der Waals surface area contributed by atoms with E-state index in [0.29, 0.717) is 5.69 Å². The van der Waals surface area contributed by atoms with E-state index < -0.39 is 0 Å². The Labute approximate surface area is 114 Å². The average molecular weight is 266 g/mol. The van der Waals surface area contributed by atoms with Gasteiger partial charge in [0.15, 0.2) is 0 Å². The number of rotatable bonds is 6. The van der Waals surface area contributed by atoms with Crippen LogP contribution in [0.5, 0.6) is 5.75 Å². The number of hydrogen-bond acceptors (Lipinski definition) is 4. The number of ether oxygens (including phenoxy) is 1. The zero-order valence-electron chi connectivity index (χ0n) is 11.9. The van der Waals surface area contributed by atoms with Gasteiger partial charge in [0.05, 0.1) is 12.8 Å². The van der Waals surface area contributed by atoms with Crippen molar-refractivity contribution in [3.8, 4) is 5.75 Å². The maximum absolute atomic E-state index is 11.4. The van der Waals surface area contributed by atoms with Gasteiger partial charge in [0.25, 0.3) is 0 Å². The molecule has 0 aromatic heterocycles. The molecule has 0 bridgehead atoms. The third-order valence-electron chi connectivity index (χ3n) is 2.65. The highest BCUT2D eigenvalue weighted by molar-refractivity contribution is 5.89. The van der Waals surface area contributed by atoms with Gasteiger partial charge in [-0.1, -0.05) is 6.92 Å². The number of anilines is 2. The summed E-state index contributed by atoms with van der Waals surface area (Å²) in [5.74, 6) is 0.788. The molecular weight excluding hydrogens is 244 g/mol. The summed E-state index contributed by atoms with van der Waals surface area (Å²) in [6.45, 7) is 3.04. The number of amides is 2. The van der Waals surface area contributed by atoms with Gasteiger partial charge in [0.1, 0.15) is 5.75 Å². The lowest BCUT2D eigenvalue weighted by Gasteiger charge is -2.22. The number of carbonyl (C=O) groups is 1. The van der Waals surface area contributed by atoms with E-state index in [4.69, 9.17) is 4.74 Å². The van der Waals surface area contributed by atoms with E-state index in [1.165, 1.54) is 0 Å². The van der Waals surface area contributed by atoms with E-state index in [1.54, 1.807) is 20.2 Å². The third kappa shape index (κ3) is 4.33. The summed E-state index contributed by atoms with van der Waals surface area (Å²) in [6, 6.07) is 5.23. The topological polar surface area (TPSA) is 65.6 Å². The Kier molecular flexibility index (Phi) is 5.95. The maximum atomic E-state index is 11.4. The number of nitrogens with zero attached hydrogens (tertiary/aromatic N) is 1. The lowest BCUT2D eigenvalue weighted by atomic mass is 10.2. The molecular formula is C13H22N4O2. The number of methoxy groups -OCH3 is 1. The lowest BCUT2D eigenvalue weighted by molar-refractivity contribution is 0.249. The van der Waals surface area contributed by atoms with Crippen molar-refractivity contribution in [2.45, 2.75) is 13.3 Å². The largest absolute Gasteiger partial charge is 0.495 e. The Hall–Kier alpha value is -1.95. The molecule has 3 N–H and O–H groups in total. The van der Waals surface area contributed by atoms with Gasteiger partial charge in [0, 0.05) is 26.3 Å². The number of nitrogens with one attached hydrogen (secondary N) is 3. The second kappa shape index (κ2) is 7.48. The first-order valence-electron chi connectivity index (χ1n) is 6.25. The van der Waals surface area contributed by atoms with Gasteiger partial charge >= 0.3 is 6.03 Å². The minimum Gasteiger partial charge on any atom is -0.495 e. The first-order chi connectivity index (χ1) is 9.12. The van der Waals surface area contributed by atoms with Crippen LogP contribution in [0, 0.1) is 0 Å². The van der Waals surface area contributed by atoms with Crippen LogP contribution in [0.15, 0.2) is 18.2 Å². The quantitative estimate of drug-likeness (QED) is 0.687. The van der Waals surface area contributed by atoms with Crippen LogP contribution >= 0.6 is 0 Å². The van der Waals surface area contributed by atoms with Crippen LogP contribution in [0.3, 0.4) is 0 Å². The molecule has 106 valence electrons. The number of benzene rings is 1. The average Bonchev–Trinajstić information content (AvgIpc) is 2.39. The summed E-state index contributed by atoms with van der Waals surface area (Å²) in [7, 11) is 5.27. The minimum atomic E-state index is -0.309. The molecule has 1 aromatic carbocycles. The maximum Gasteiger partial charge on any atom is 0.333 e. The standard InChI is InChI=1S/C13H22N4O2/c1-5-8-17(3)11-9-10(6-7-12(11)19-4)15-13(18)16-14-2/h6-7,9,14H,5,8H2,1-4H3,(H2,15,16,18). The molecule has 1 aromatic rings. The van der Waals surface area contributed by atoms with E-state index in [-0.39, 0.29) is 6.03 Å². The molecule has 0 aliphatic heterocycles. The van der Waals surface area contributed by atoms with Gasteiger partial charge in [0.2, 0.25) is 0 Å². The molecule has 0 unspecified atom stereocenters. The molecule has 19 heavy (non-hydrogen) atoms. The van der Waals surface area contributed by atoms with E-state index in [0.717, 1.165) is 24.4 Å². The van der Waals surface area contributed by atoms with Crippen LogP contribution in [0.25, 0.3) is 0 Å². The molecule has 0 saturated heterocycles. The van der Waals surface area contributed by atoms with Crippen molar-refractivity contribution < 1.29 is 9.53 Å². The number of urea groups is 1. The molecule has 6 nitrogen and oxygen atoms in total. The predicted molar refractivity (Wildman–Crippen MR) is 77.8 cm³/mol. The first kappa shape index (κ1) is 15.1. The SMILES string of the molecule is CCCN(C)c1cc(NC(=O)NNC)ccc1OC. The van der Waals surface area contributed by atoms with E-state index >= 15 is 0 Å². The second-order valence-corrected chi connectivity index (χ2v) is 4.14. The van der Waals surface area contributed by atoms with Crippen LogP contribution in [-0.4, -0.2) is 33.8 Å². The molecule has 0 saturated carbocycles. The third-order valence-corrected chi connectivity index (χ3v) is 2.65. The van der Waals surface area contributed by atoms with Crippen molar-refractivity contribution >= 4 is 17.4 Å². The Balaban J connectivity index is 2.91. The zero-order chi connectivity index (χ0) is 14.3. The zero-order valence-corrected chi connectivity index (χ0v) is 11.9. The van der Waals surface area contributed by atoms with Gasteiger partial charge < -0.3 is 15.0 Å². The van der Waals surface area contributed by atoms with Gasteiger partial charge in [-0.15, -0.1) is 0 Å². The van der Waals surface area contributed by atoms with Gasteiger partial charge in [-0.2, -0.15) is 0 Å². The van der Waals surface area contributed by atoms with Crippen molar-refractivity contribution in [1.29, 1.82) is 0 Å². The number of carbonyl (C=O) groups excluding carboxylic acids is 1. The van der Waals surface area contributed by atoms with E-state index in [9.17, 15) is 4.79 Å². The van der Waals surface area contributed by atoms with Crippen molar-refractivity contribution in [1.82, 2.24) is 10.9 Å². The summed E-state index contributed by atoms with van der Waals surface area (Å²) in [5.41, 5.74) is 6.69. The van der Waals surface area contributed by atoms with Crippen LogP contribution in [0.4, 0.5) is 16.2 Å². The first-order valence-corrected chi connectivity index (χ1v) is 6.25. The molecule has 0 radical (unpaired) electrons. The monoisotopic (exact) mass is 266 g/mol. The van der Waals surface area contributed by atoms with Crippen LogP contribution in [-0.2, 0) is 0 Å². The van der Waals surface area contributed by atoms with Crippen LogP contribution in [0.1, 0.15) is 13.3 Å². The molecule has 0 aliphatic carbocycles. The molecule has 0 spiro atoms. The summed E-state index contributed by atoms with van der Waals surface area (Å²) < 4.78 is 5.34. The summed E-state index contributed by atoms with van der Waals surface area (Å²) in [5, 5.41) is 2.74. The summed E-state index contributed by atoms with van der Waals surface area (Å²) in [4.78, 5) is 13.5. The Morgan fingerprint density at radius 3 is 2.74 bits per heavy atom. The van der Waals surface area contributed by atoms with E-state index in [2.05, 4.69) is 28.0 Å². The van der Waals surface area contributed by atoms with Gasteiger partial charge in [-0.05, 0) is 24.6 Å². The fourth-order valence-electron chi connectivity index (χ4n) is 1.80. The fraction of sp³-hybridized carbons (Fsp3) is 0.462. The van der Waals surface area contributed by atoms with Crippen LogP contribution < -0.4 is 25.8 Å². The van der Waals surface area contributed by atoms with E-state index in [1.807, 2.05) is 19.2 Å². The van der Waals surface area contributed by atoms with Crippen molar-refractivity contribution in [2.24, 2.45) is 0 Å². The molecule has 0 heterocycles. The summed E-state index contributed by atoms with van der Waals surface area (Å²) >= 11 is 0. The molecule has 0 atom stereocenters. The molecule has 0 fully saturated rings. The Morgan fingerprint density at radius 2 is 2.16 bits per heavy atom. The second-order valence-electron chi connectivity index (χ2n) is 4.14. The van der Waals surface area contributed by atoms with Gasteiger partial charge in [-0.25, -0.2) is 10.2 Å². The van der Waals surface area contributed by atoms with Crippen molar-refractivity contribution in [2.75, 3.05) is 38.0 Å². The minimum absolute atomic E-state index is 0.309.